The number of ether oxygens (including phenoxy) is 10. The average Bonchev–Trinajstić information content (AvgIpc) is 3.62. The van der Waals surface area contributed by atoms with Gasteiger partial charge in [0.25, 0.3) is 0 Å². The first-order chi connectivity index (χ1) is 41.4. The standard InChI is InChI=1S/C64H66O22/c1-41(65)80-51(35-38-79-63(75)52(84-61(73)47-29-17-7-18-30-47)39-49(82-59(71)45-25-13-5-14-26-45)33-36-77-57(69)43-21-9-3-10-22-43)54(55(56(67)68)81-42(2)66)86-64(76)53(85-62(74)48-31-19-8-20-32-48)40-50(83-60(72)46-27-15-6-16-28-46)34-37-78-58(70)44-23-11-4-12-24-44/h3-32,49-56,63-64,67-68,75-76H,33-40H2,1-2H3. The van der Waals surface area contributed by atoms with E-state index in [0.717, 1.165) is 13.8 Å². The highest BCUT2D eigenvalue weighted by Crippen LogP contribution is 2.26. The van der Waals surface area contributed by atoms with Crippen LogP contribution in [0.1, 0.15) is 108 Å². The maximum atomic E-state index is 13.8. The monoisotopic (exact) mass is 1190 g/mol. The smallest absolute Gasteiger partial charge is 0.338 e. The number of hydrogen-bond acceptors (Lipinski definition) is 22. The van der Waals surface area contributed by atoms with Crippen LogP contribution in [0.3, 0.4) is 0 Å². The average molecular weight is 1190 g/mol. The van der Waals surface area contributed by atoms with Crippen molar-refractivity contribution in [2.45, 2.75) is 108 Å². The lowest BCUT2D eigenvalue weighted by atomic mass is 10.0. The van der Waals surface area contributed by atoms with Crippen LogP contribution in [0.2, 0.25) is 0 Å². The highest BCUT2D eigenvalue weighted by molar-refractivity contribution is 5.92. The minimum absolute atomic E-state index is 0.0205. The van der Waals surface area contributed by atoms with E-state index in [0.29, 0.717) is 0 Å². The molecule has 22 nitrogen and oxygen atoms in total. The van der Waals surface area contributed by atoms with E-state index in [1.54, 1.807) is 97.1 Å². The summed E-state index contributed by atoms with van der Waals surface area (Å²) in [6.45, 7) is 0.474. The number of hydrogen-bond donors (Lipinski definition) is 4. The number of carbonyl (C=O) groups excluding carboxylic acids is 8. The van der Waals surface area contributed by atoms with E-state index in [4.69, 9.17) is 47.4 Å². The van der Waals surface area contributed by atoms with Gasteiger partial charge in [-0.2, -0.15) is 0 Å². The molecule has 0 fully saturated rings. The summed E-state index contributed by atoms with van der Waals surface area (Å²) in [4.78, 5) is 106. The Labute approximate surface area is 495 Å². The van der Waals surface area contributed by atoms with Crippen molar-refractivity contribution in [1.82, 2.24) is 0 Å². The van der Waals surface area contributed by atoms with Crippen molar-refractivity contribution in [3.63, 3.8) is 0 Å². The summed E-state index contributed by atoms with van der Waals surface area (Å²) < 4.78 is 57.1. The van der Waals surface area contributed by atoms with Crippen molar-refractivity contribution in [3.8, 4) is 0 Å². The Morgan fingerprint density at radius 3 is 0.977 bits per heavy atom. The van der Waals surface area contributed by atoms with E-state index in [2.05, 4.69) is 0 Å². The number of carbonyl (C=O) groups is 8. The van der Waals surface area contributed by atoms with Gasteiger partial charge in [-0.05, 0) is 72.8 Å². The van der Waals surface area contributed by atoms with Crippen LogP contribution >= 0.6 is 0 Å². The second-order valence-electron chi connectivity index (χ2n) is 19.1. The predicted octanol–water partition coefficient (Wildman–Crippen LogP) is 6.77. The summed E-state index contributed by atoms with van der Waals surface area (Å²) in [6, 6.07) is 46.7. The SMILES string of the molecule is CC(=O)OC(CCOC(O)C(CC(CCOC(=O)c1ccccc1)OC(=O)c1ccccc1)OC(=O)c1ccccc1)C(OC(O)C(CC(CCOC(=O)c1ccccc1)OC(=O)c1ccccc1)OC(=O)c1ccccc1)C(OC(C)=O)C(O)O. The number of rotatable bonds is 33. The van der Waals surface area contributed by atoms with Gasteiger partial charge in [-0.3, -0.25) is 9.59 Å². The third kappa shape index (κ3) is 21.8. The molecule has 4 N–H and O–H groups in total. The van der Waals surface area contributed by atoms with Gasteiger partial charge in [-0.25, -0.2) is 28.8 Å². The summed E-state index contributed by atoms with van der Waals surface area (Å²) in [5.41, 5.74) is 0.715. The summed E-state index contributed by atoms with van der Waals surface area (Å²) in [5.74, 6) is -7.24. The summed E-state index contributed by atoms with van der Waals surface area (Å²) >= 11 is 0. The van der Waals surface area contributed by atoms with Gasteiger partial charge in [0, 0.05) is 46.0 Å². The molecular weight excluding hydrogens is 1120 g/mol. The van der Waals surface area contributed by atoms with E-state index < -0.39 is 135 Å². The molecule has 0 aliphatic carbocycles. The minimum atomic E-state index is -2.64. The largest absolute Gasteiger partial charge is 0.462 e. The highest BCUT2D eigenvalue weighted by Gasteiger charge is 2.43. The van der Waals surface area contributed by atoms with Crippen LogP contribution in [0.4, 0.5) is 0 Å². The second kappa shape index (κ2) is 34.6. The Morgan fingerprint density at radius 2 is 0.651 bits per heavy atom. The molecule has 6 aromatic rings. The normalized spacial score (nSPS) is 14.2. The lowest BCUT2D eigenvalue weighted by molar-refractivity contribution is -0.266. The molecule has 0 bridgehead atoms. The van der Waals surface area contributed by atoms with E-state index in [1.165, 1.54) is 84.9 Å². The van der Waals surface area contributed by atoms with Crippen LogP contribution in [0.25, 0.3) is 0 Å². The van der Waals surface area contributed by atoms with Gasteiger partial charge < -0.3 is 67.8 Å². The van der Waals surface area contributed by atoms with Crippen LogP contribution in [-0.2, 0) is 57.0 Å². The van der Waals surface area contributed by atoms with Crippen LogP contribution in [0.15, 0.2) is 182 Å². The van der Waals surface area contributed by atoms with E-state index in [-0.39, 0.29) is 59.4 Å². The summed E-state index contributed by atoms with van der Waals surface area (Å²) in [7, 11) is 0. The van der Waals surface area contributed by atoms with Gasteiger partial charge in [-0.15, -0.1) is 0 Å². The number of esters is 8. The zero-order chi connectivity index (χ0) is 61.8. The zero-order valence-electron chi connectivity index (χ0n) is 46.9. The van der Waals surface area contributed by atoms with Gasteiger partial charge in [0.1, 0.15) is 24.4 Å². The summed E-state index contributed by atoms with van der Waals surface area (Å²) in [5, 5.41) is 45.5. The third-order valence-electron chi connectivity index (χ3n) is 12.7. The molecule has 0 saturated heterocycles. The van der Waals surface area contributed by atoms with Crippen molar-refractivity contribution in [3.05, 3.63) is 215 Å². The fraction of sp³-hybridized carbons (Fsp3) is 0.312. The molecule has 0 radical (unpaired) electrons. The van der Waals surface area contributed by atoms with Crippen LogP contribution < -0.4 is 0 Å². The molecule has 86 heavy (non-hydrogen) atoms. The fourth-order valence-corrected chi connectivity index (χ4v) is 8.47. The molecule has 6 rings (SSSR count). The topological polar surface area (TPSA) is 310 Å². The van der Waals surface area contributed by atoms with Crippen molar-refractivity contribution < 1.29 is 106 Å². The van der Waals surface area contributed by atoms with Crippen LogP contribution in [0, 0.1) is 0 Å². The Hall–Kier alpha value is -9.16. The molecule has 0 aliphatic rings. The van der Waals surface area contributed by atoms with E-state index in [9.17, 15) is 58.8 Å². The lowest BCUT2D eigenvalue weighted by Gasteiger charge is -2.36. The van der Waals surface area contributed by atoms with E-state index >= 15 is 0 Å². The highest BCUT2D eigenvalue weighted by atomic mass is 16.7. The van der Waals surface area contributed by atoms with Crippen molar-refractivity contribution in [2.75, 3.05) is 19.8 Å². The quantitative estimate of drug-likeness (QED) is 0.0188. The van der Waals surface area contributed by atoms with Crippen molar-refractivity contribution >= 4 is 47.8 Å². The molecule has 454 valence electrons. The Balaban J connectivity index is 1.29. The molecule has 22 heteroatoms. The minimum Gasteiger partial charge on any atom is -0.462 e. The molecule has 0 aromatic heterocycles. The Morgan fingerprint density at radius 1 is 0.337 bits per heavy atom. The molecule has 9 unspecified atom stereocenters. The zero-order valence-corrected chi connectivity index (χ0v) is 46.9. The van der Waals surface area contributed by atoms with Gasteiger partial charge >= 0.3 is 47.8 Å². The first-order valence-electron chi connectivity index (χ1n) is 27.3. The summed E-state index contributed by atoms with van der Waals surface area (Å²) in [6.07, 6.45) is -21.6. The van der Waals surface area contributed by atoms with E-state index in [1.807, 2.05) is 0 Å². The number of aliphatic hydroxyl groups is 4. The Kier molecular flexibility index (Phi) is 26.5. The van der Waals surface area contributed by atoms with Crippen molar-refractivity contribution in [2.24, 2.45) is 0 Å². The second-order valence-corrected chi connectivity index (χ2v) is 19.1. The molecule has 9 atom stereocenters. The lowest BCUT2D eigenvalue weighted by Crippen LogP contribution is -2.53. The maximum Gasteiger partial charge on any atom is 0.338 e. The predicted molar refractivity (Wildman–Crippen MR) is 301 cm³/mol. The molecule has 0 amide bonds. The molecule has 6 aromatic carbocycles. The fourth-order valence-electron chi connectivity index (χ4n) is 8.47. The van der Waals surface area contributed by atoms with Gasteiger partial charge in [-0.1, -0.05) is 109 Å². The van der Waals surface area contributed by atoms with Crippen LogP contribution in [-0.4, -0.2) is 150 Å². The molecule has 0 heterocycles. The van der Waals surface area contributed by atoms with Gasteiger partial charge in [0.05, 0.1) is 53.2 Å². The third-order valence-corrected chi connectivity index (χ3v) is 12.7. The van der Waals surface area contributed by atoms with Crippen LogP contribution in [0.5, 0.6) is 0 Å². The molecule has 0 saturated carbocycles. The first kappa shape index (κ1) is 66.0. The molecule has 0 spiro atoms. The number of aliphatic hydroxyl groups excluding tert-OH is 3. The molecular formula is C64H66O22. The first-order valence-corrected chi connectivity index (χ1v) is 27.3. The number of benzene rings is 6. The van der Waals surface area contributed by atoms with Gasteiger partial charge in [0.2, 0.25) is 0 Å². The Bertz CT molecular complexity index is 3080. The van der Waals surface area contributed by atoms with Gasteiger partial charge in [0.15, 0.2) is 37.2 Å². The molecule has 0 aliphatic heterocycles. The van der Waals surface area contributed by atoms with Crippen molar-refractivity contribution in [1.29, 1.82) is 0 Å². The maximum absolute atomic E-state index is 13.8.